The van der Waals surface area contributed by atoms with E-state index in [0.717, 1.165) is 0 Å². The number of benzene rings is 1. The average Bonchev–Trinajstić information content (AvgIpc) is 3.29. The number of nitrogens with two attached hydrogens (primary N) is 1. The molecule has 0 aliphatic rings. The standard InChI is InChI=1S/C25H20ClFN8O2S/c1-12(34-23-20(22(29)32-11-33-23)21(28)14-8-30-25(37-2)31-9-14)16-7-18-35(17(26)10-38-18)24(36)19(16)13-4-3-5-15(27)6-13/h3-12,28H,1-2H3,(H3,29,32,33,34)/t12-/m0/s1. The Hall–Kier alpha value is -4.42. The molecule has 0 unspecified atom stereocenters. The van der Waals surface area contributed by atoms with Crippen LogP contribution in [-0.2, 0) is 0 Å². The molecule has 0 saturated carbocycles. The number of hydrogen-bond donors (Lipinski definition) is 3. The molecule has 0 amide bonds. The number of anilines is 2. The molecule has 38 heavy (non-hydrogen) atoms. The highest BCUT2D eigenvalue weighted by molar-refractivity contribution is 7.16. The largest absolute Gasteiger partial charge is 0.467 e. The summed E-state index contributed by atoms with van der Waals surface area (Å²) in [5.74, 6) is -0.141. The Balaban J connectivity index is 1.61. The lowest BCUT2D eigenvalue weighted by Crippen LogP contribution is -2.21. The number of rotatable bonds is 7. The fourth-order valence-electron chi connectivity index (χ4n) is 4.06. The molecule has 0 bridgehead atoms. The molecule has 4 aromatic heterocycles. The third-order valence-corrected chi connectivity index (χ3v) is 7.15. The highest BCUT2D eigenvalue weighted by Crippen LogP contribution is 2.33. The quantitative estimate of drug-likeness (QED) is 0.250. The molecule has 10 nitrogen and oxygen atoms in total. The predicted molar refractivity (Wildman–Crippen MR) is 145 cm³/mol. The van der Waals surface area contributed by atoms with E-state index in [1.165, 1.54) is 59.8 Å². The molecule has 0 saturated heterocycles. The van der Waals surface area contributed by atoms with Crippen LogP contribution >= 0.6 is 22.9 Å². The summed E-state index contributed by atoms with van der Waals surface area (Å²) in [6.07, 6.45) is 4.15. The maximum atomic E-state index is 14.2. The van der Waals surface area contributed by atoms with Crippen molar-refractivity contribution >= 4 is 45.1 Å². The summed E-state index contributed by atoms with van der Waals surface area (Å²) < 4.78 is 20.5. The number of pyridine rings is 1. The number of nitrogen functional groups attached to an aromatic ring is 1. The van der Waals surface area contributed by atoms with Crippen LogP contribution < -0.4 is 21.3 Å². The summed E-state index contributed by atoms with van der Waals surface area (Å²) in [5, 5.41) is 13.9. The van der Waals surface area contributed by atoms with Crippen molar-refractivity contribution in [3.8, 4) is 17.1 Å². The Labute approximate surface area is 224 Å². The van der Waals surface area contributed by atoms with E-state index in [-0.39, 0.29) is 45.2 Å². The van der Waals surface area contributed by atoms with Gasteiger partial charge >= 0.3 is 6.01 Å². The molecule has 13 heteroatoms. The van der Waals surface area contributed by atoms with Crippen LogP contribution in [0.2, 0.25) is 5.15 Å². The molecule has 4 heterocycles. The first-order chi connectivity index (χ1) is 18.3. The van der Waals surface area contributed by atoms with Gasteiger partial charge in [0.05, 0.1) is 30.0 Å². The van der Waals surface area contributed by atoms with Crippen LogP contribution in [0.1, 0.15) is 29.7 Å². The first-order valence-corrected chi connectivity index (χ1v) is 12.4. The Bertz CT molecular complexity index is 1740. The summed E-state index contributed by atoms with van der Waals surface area (Å²) in [6, 6.07) is 7.26. The van der Waals surface area contributed by atoms with Crippen molar-refractivity contribution in [3.63, 3.8) is 0 Å². The number of methoxy groups -OCH3 is 1. The maximum Gasteiger partial charge on any atom is 0.316 e. The normalized spacial score (nSPS) is 11.9. The molecular formula is C25H20ClFN8O2S. The molecule has 0 radical (unpaired) electrons. The van der Waals surface area contributed by atoms with Gasteiger partial charge in [0.15, 0.2) is 0 Å². The topological polar surface area (TPSA) is 144 Å². The Morgan fingerprint density at radius 3 is 2.71 bits per heavy atom. The molecule has 5 aromatic rings. The van der Waals surface area contributed by atoms with Crippen molar-refractivity contribution in [3.05, 3.63) is 92.4 Å². The zero-order valence-electron chi connectivity index (χ0n) is 20.1. The summed E-state index contributed by atoms with van der Waals surface area (Å²) in [6.45, 7) is 1.82. The maximum absolute atomic E-state index is 14.2. The monoisotopic (exact) mass is 550 g/mol. The number of aromatic nitrogens is 5. The van der Waals surface area contributed by atoms with Crippen molar-refractivity contribution in [1.29, 1.82) is 5.41 Å². The fraction of sp³-hybridized carbons (Fsp3) is 0.120. The second-order valence-corrected chi connectivity index (χ2v) is 9.48. The molecule has 1 atom stereocenters. The lowest BCUT2D eigenvalue weighted by atomic mass is 9.96. The van der Waals surface area contributed by atoms with Gasteiger partial charge in [-0.2, -0.15) is 0 Å². The molecule has 0 aliphatic heterocycles. The van der Waals surface area contributed by atoms with Gasteiger partial charge in [-0.1, -0.05) is 23.7 Å². The van der Waals surface area contributed by atoms with Crippen LogP contribution in [0.3, 0.4) is 0 Å². The van der Waals surface area contributed by atoms with E-state index in [2.05, 4.69) is 25.3 Å². The highest BCUT2D eigenvalue weighted by atomic mass is 35.5. The van der Waals surface area contributed by atoms with Gasteiger partial charge < -0.3 is 15.8 Å². The first-order valence-electron chi connectivity index (χ1n) is 11.2. The van der Waals surface area contributed by atoms with Gasteiger partial charge in [-0.05, 0) is 36.2 Å². The molecule has 4 N–H and O–H groups in total. The van der Waals surface area contributed by atoms with Crippen molar-refractivity contribution < 1.29 is 9.13 Å². The number of thiazole rings is 1. The number of nitrogens with zero attached hydrogens (tertiary/aromatic N) is 5. The van der Waals surface area contributed by atoms with E-state index in [1.54, 1.807) is 11.4 Å². The second-order valence-electron chi connectivity index (χ2n) is 8.20. The van der Waals surface area contributed by atoms with Gasteiger partial charge in [-0.25, -0.2) is 24.3 Å². The second kappa shape index (κ2) is 10.1. The minimum atomic E-state index is -0.528. The molecule has 0 fully saturated rings. The fourth-order valence-corrected chi connectivity index (χ4v) is 5.22. The SMILES string of the molecule is COc1ncc(C(=N)c2c(N)ncnc2N[C@@H](C)c2cc3scc(Cl)n3c(=O)c2-c2cccc(F)c2)cn1. The van der Waals surface area contributed by atoms with Crippen LogP contribution in [0.15, 0.2) is 59.2 Å². The van der Waals surface area contributed by atoms with E-state index >= 15 is 0 Å². The van der Waals surface area contributed by atoms with Crippen molar-refractivity contribution in [2.75, 3.05) is 18.2 Å². The predicted octanol–water partition coefficient (Wildman–Crippen LogP) is 4.58. The Morgan fingerprint density at radius 1 is 1.24 bits per heavy atom. The van der Waals surface area contributed by atoms with E-state index < -0.39 is 11.9 Å². The van der Waals surface area contributed by atoms with Crippen molar-refractivity contribution in [1.82, 2.24) is 24.3 Å². The van der Waals surface area contributed by atoms with Gasteiger partial charge in [0.2, 0.25) is 0 Å². The number of ether oxygens (including phenoxy) is 1. The summed E-state index contributed by atoms with van der Waals surface area (Å²) in [4.78, 5) is 30.7. The van der Waals surface area contributed by atoms with Gasteiger partial charge in [-0.15, -0.1) is 11.3 Å². The zero-order valence-corrected chi connectivity index (χ0v) is 21.6. The average molecular weight is 551 g/mol. The molecule has 1 aromatic carbocycles. The number of fused-ring (bicyclic) bond motifs is 1. The zero-order chi connectivity index (χ0) is 27.0. The Morgan fingerprint density at radius 2 is 2.00 bits per heavy atom. The van der Waals surface area contributed by atoms with E-state index in [1.807, 2.05) is 13.0 Å². The summed E-state index contributed by atoms with van der Waals surface area (Å²) >= 11 is 7.60. The summed E-state index contributed by atoms with van der Waals surface area (Å²) in [7, 11) is 1.44. The Kier molecular flexibility index (Phi) is 6.74. The first kappa shape index (κ1) is 25.2. The van der Waals surface area contributed by atoms with Gasteiger partial charge in [0.1, 0.15) is 33.8 Å². The number of hydrogen-bond acceptors (Lipinski definition) is 10. The van der Waals surface area contributed by atoms with Gasteiger partial charge in [0.25, 0.3) is 5.56 Å². The third-order valence-electron chi connectivity index (χ3n) is 5.85. The number of nitrogens with one attached hydrogen (secondary N) is 2. The third kappa shape index (κ3) is 4.55. The minimum Gasteiger partial charge on any atom is -0.467 e. The molecule has 5 rings (SSSR count). The van der Waals surface area contributed by atoms with E-state index in [0.29, 0.717) is 21.5 Å². The van der Waals surface area contributed by atoms with Gasteiger partial charge in [0, 0.05) is 23.3 Å². The summed E-state index contributed by atoms with van der Waals surface area (Å²) in [5.41, 5.74) is 7.65. The van der Waals surface area contributed by atoms with Crippen molar-refractivity contribution in [2.24, 2.45) is 0 Å². The molecule has 192 valence electrons. The number of halogens is 2. The molecular weight excluding hydrogens is 531 g/mol. The molecule has 0 aliphatic carbocycles. The van der Waals surface area contributed by atoms with Crippen molar-refractivity contribution in [2.45, 2.75) is 13.0 Å². The van der Waals surface area contributed by atoms with Crippen LogP contribution in [0.25, 0.3) is 16.0 Å². The lowest BCUT2D eigenvalue weighted by Gasteiger charge is -2.21. The molecule has 0 spiro atoms. The van der Waals surface area contributed by atoms with Crippen LogP contribution in [0.5, 0.6) is 6.01 Å². The van der Waals surface area contributed by atoms with Crippen LogP contribution in [-0.4, -0.2) is 37.2 Å². The minimum absolute atomic E-state index is 0.00799. The van der Waals surface area contributed by atoms with Crippen LogP contribution in [0.4, 0.5) is 16.0 Å². The lowest BCUT2D eigenvalue weighted by molar-refractivity contribution is 0.379. The van der Waals surface area contributed by atoms with Gasteiger partial charge in [-0.3, -0.25) is 14.6 Å². The van der Waals surface area contributed by atoms with E-state index in [9.17, 15) is 9.18 Å². The van der Waals surface area contributed by atoms with Crippen LogP contribution in [0, 0.1) is 11.2 Å². The van der Waals surface area contributed by atoms with E-state index in [4.69, 9.17) is 27.5 Å². The smallest absolute Gasteiger partial charge is 0.316 e. The highest BCUT2D eigenvalue weighted by Gasteiger charge is 2.23.